The van der Waals surface area contributed by atoms with Crippen LogP contribution in [-0.4, -0.2) is 30.3 Å². The number of carbonyl (C=O) groups is 1. The lowest BCUT2D eigenvalue weighted by molar-refractivity contribution is -0.116. The largest absolute Gasteiger partial charge is 0.509 e. The highest BCUT2D eigenvalue weighted by Crippen LogP contribution is 2.46. The Labute approximate surface area is 176 Å². The molecule has 1 amide bonds. The van der Waals surface area contributed by atoms with Gasteiger partial charge in [-0.05, 0) is 49.7 Å². The normalized spacial score (nSPS) is 24.2. The van der Waals surface area contributed by atoms with Crippen LogP contribution in [0.3, 0.4) is 0 Å². The van der Waals surface area contributed by atoms with Crippen molar-refractivity contribution >= 4 is 23.1 Å². The Bertz CT molecular complexity index is 960. The third-order valence-electron chi connectivity index (χ3n) is 6.32. The van der Waals surface area contributed by atoms with E-state index in [1.165, 1.54) is 0 Å². The van der Waals surface area contributed by atoms with Crippen LogP contribution in [0.5, 0.6) is 0 Å². The van der Waals surface area contributed by atoms with Crippen molar-refractivity contribution in [3.63, 3.8) is 0 Å². The molecule has 2 aromatic carbocycles. The summed E-state index contributed by atoms with van der Waals surface area (Å²) in [5.74, 6) is 0.350. The molecular formula is C24H26ClNO3. The number of aliphatic hydroxyl groups is 1. The van der Waals surface area contributed by atoms with Crippen LogP contribution in [0.25, 0.3) is 16.7 Å². The number of hydrogen-bond acceptors (Lipinski definition) is 3. The molecule has 0 unspecified atom stereocenters. The molecule has 0 atom stereocenters. The Balaban J connectivity index is 1.76. The van der Waals surface area contributed by atoms with Gasteiger partial charge in [-0.2, -0.15) is 0 Å². The standard InChI is InChI=1S/C24H26ClNO3/c1-15-8-9-18(17-6-4-3-5-7-17)21(25)19(15)20-22(27)24(26-23(20)28)12-10-16(11-13-24)14-29-2/h3-9,16,27H,10-14H2,1-2H3,(H,26,28). The van der Waals surface area contributed by atoms with Gasteiger partial charge in [0, 0.05) is 24.8 Å². The van der Waals surface area contributed by atoms with E-state index in [-0.39, 0.29) is 11.7 Å². The fourth-order valence-electron chi connectivity index (χ4n) is 4.67. The molecule has 1 heterocycles. The predicted molar refractivity (Wildman–Crippen MR) is 116 cm³/mol. The zero-order valence-corrected chi connectivity index (χ0v) is 17.6. The third-order valence-corrected chi connectivity index (χ3v) is 6.71. The monoisotopic (exact) mass is 411 g/mol. The molecule has 2 N–H and O–H groups in total. The molecule has 0 saturated heterocycles. The number of aliphatic hydroxyl groups excluding tert-OH is 1. The molecule has 29 heavy (non-hydrogen) atoms. The summed E-state index contributed by atoms with van der Waals surface area (Å²) in [6.07, 6.45) is 3.22. The third kappa shape index (κ3) is 3.45. The summed E-state index contributed by atoms with van der Waals surface area (Å²) in [6.45, 7) is 2.63. The lowest BCUT2D eigenvalue weighted by atomic mass is 9.76. The van der Waals surface area contributed by atoms with Gasteiger partial charge in [-0.25, -0.2) is 0 Å². The second kappa shape index (κ2) is 7.85. The quantitative estimate of drug-likeness (QED) is 0.718. The van der Waals surface area contributed by atoms with Gasteiger partial charge in [0.25, 0.3) is 5.91 Å². The van der Waals surface area contributed by atoms with Gasteiger partial charge in [0.2, 0.25) is 0 Å². The summed E-state index contributed by atoms with van der Waals surface area (Å²) in [4.78, 5) is 13.0. The molecule has 1 saturated carbocycles. The van der Waals surface area contributed by atoms with Gasteiger partial charge in [-0.15, -0.1) is 0 Å². The number of nitrogens with one attached hydrogen (secondary N) is 1. The first-order valence-electron chi connectivity index (χ1n) is 10.1. The number of rotatable bonds is 4. The topological polar surface area (TPSA) is 58.6 Å². The van der Waals surface area contributed by atoms with E-state index >= 15 is 0 Å². The molecule has 1 aliphatic heterocycles. The first-order valence-corrected chi connectivity index (χ1v) is 10.4. The van der Waals surface area contributed by atoms with Crippen LogP contribution in [0.4, 0.5) is 0 Å². The number of hydrogen-bond donors (Lipinski definition) is 2. The van der Waals surface area contributed by atoms with E-state index in [0.29, 0.717) is 41.5 Å². The number of amides is 1. The van der Waals surface area contributed by atoms with E-state index in [0.717, 1.165) is 29.5 Å². The van der Waals surface area contributed by atoms with Gasteiger partial charge in [0.05, 0.1) is 16.1 Å². The number of benzene rings is 2. The van der Waals surface area contributed by atoms with Crippen LogP contribution >= 0.6 is 11.6 Å². The fraction of sp³-hybridized carbons (Fsp3) is 0.375. The maximum absolute atomic E-state index is 13.0. The zero-order valence-electron chi connectivity index (χ0n) is 16.8. The van der Waals surface area contributed by atoms with Crippen molar-refractivity contribution in [2.75, 3.05) is 13.7 Å². The molecule has 4 rings (SSSR count). The average Bonchev–Trinajstić information content (AvgIpc) is 2.95. The molecule has 0 radical (unpaired) electrons. The molecule has 1 aliphatic carbocycles. The lowest BCUT2D eigenvalue weighted by Gasteiger charge is -2.37. The van der Waals surface area contributed by atoms with Gasteiger partial charge < -0.3 is 15.2 Å². The molecule has 0 bridgehead atoms. The molecule has 2 aliphatic rings. The molecule has 1 fully saturated rings. The fourth-order valence-corrected chi connectivity index (χ4v) is 5.09. The highest BCUT2D eigenvalue weighted by atomic mass is 35.5. The number of halogens is 1. The summed E-state index contributed by atoms with van der Waals surface area (Å²) in [7, 11) is 1.71. The first-order chi connectivity index (χ1) is 14.0. The molecule has 0 aromatic heterocycles. The van der Waals surface area contributed by atoms with Gasteiger partial charge in [-0.1, -0.05) is 54.1 Å². The SMILES string of the molecule is COCC1CCC2(CC1)NC(=O)C(c1c(C)ccc(-c3ccccc3)c1Cl)=C2O. The van der Waals surface area contributed by atoms with Crippen LogP contribution in [0.2, 0.25) is 5.02 Å². The Hall–Kier alpha value is -2.30. The Morgan fingerprint density at radius 3 is 2.52 bits per heavy atom. The van der Waals surface area contributed by atoms with E-state index in [2.05, 4.69) is 5.32 Å². The molecule has 152 valence electrons. The Morgan fingerprint density at radius 2 is 1.86 bits per heavy atom. The van der Waals surface area contributed by atoms with E-state index in [1.807, 2.05) is 49.4 Å². The minimum atomic E-state index is -0.685. The number of methoxy groups -OCH3 is 1. The smallest absolute Gasteiger partial charge is 0.256 e. The van der Waals surface area contributed by atoms with Crippen LogP contribution < -0.4 is 5.32 Å². The lowest BCUT2D eigenvalue weighted by Crippen LogP contribution is -2.47. The number of ether oxygens (including phenoxy) is 1. The van der Waals surface area contributed by atoms with Crippen LogP contribution in [0.15, 0.2) is 48.2 Å². The Kier molecular flexibility index (Phi) is 5.41. The van der Waals surface area contributed by atoms with Crippen LogP contribution in [-0.2, 0) is 9.53 Å². The molecule has 4 nitrogen and oxygen atoms in total. The Morgan fingerprint density at radius 1 is 1.17 bits per heavy atom. The highest BCUT2D eigenvalue weighted by molar-refractivity contribution is 6.38. The van der Waals surface area contributed by atoms with E-state index in [1.54, 1.807) is 7.11 Å². The minimum Gasteiger partial charge on any atom is -0.509 e. The van der Waals surface area contributed by atoms with Crippen molar-refractivity contribution in [1.82, 2.24) is 5.32 Å². The van der Waals surface area contributed by atoms with E-state index in [4.69, 9.17) is 16.3 Å². The molecule has 1 spiro atoms. The summed E-state index contributed by atoms with van der Waals surface area (Å²) in [5, 5.41) is 14.8. The number of aryl methyl sites for hydroxylation is 1. The number of carbonyl (C=O) groups excluding carboxylic acids is 1. The molecular weight excluding hydrogens is 386 g/mol. The summed E-state index contributed by atoms with van der Waals surface area (Å²) >= 11 is 6.81. The molecule has 5 heteroatoms. The van der Waals surface area contributed by atoms with Gasteiger partial charge in [-0.3, -0.25) is 4.79 Å². The second-order valence-corrected chi connectivity index (χ2v) is 8.52. The van der Waals surface area contributed by atoms with Gasteiger partial charge in [0.15, 0.2) is 0 Å². The van der Waals surface area contributed by atoms with Crippen molar-refractivity contribution in [2.24, 2.45) is 5.92 Å². The predicted octanol–water partition coefficient (Wildman–Crippen LogP) is 5.29. The zero-order chi connectivity index (χ0) is 20.6. The molecule has 2 aromatic rings. The van der Waals surface area contributed by atoms with E-state index < -0.39 is 5.54 Å². The van der Waals surface area contributed by atoms with Crippen LogP contribution in [0, 0.1) is 12.8 Å². The second-order valence-electron chi connectivity index (χ2n) is 8.14. The van der Waals surface area contributed by atoms with E-state index in [9.17, 15) is 9.90 Å². The van der Waals surface area contributed by atoms with Crippen molar-refractivity contribution in [1.29, 1.82) is 0 Å². The van der Waals surface area contributed by atoms with Crippen LogP contribution in [0.1, 0.15) is 36.8 Å². The summed E-state index contributed by atoms with van der Waals surface area (Å²) in [5.41, 5.74) is 2.96. The highest BCUT2D eigenvalue weighted by Gasteiger charge is 2.48. The van der Waals surface area contributed by atoms with Gasteiger partial charge in [0.1, 0.15) is 5.76 Å². The summed E-state index contributed by atoms with van der Waals surface area (Å²) in [6, 6.07) is 13.8. The van der Waals surface area contributed by atoms with Crippen molar-refractivity contribution in [2.45, 2.75) is 38.1 Å². The maximum Gasteiger partial charge on any atom is 0.256 e. The van der Waals surface area contributed by atoms with Crippen molar-refractivity contribution in [3.05, 3.63) is 64.4 Å². The van der Waals surface area contributed by atoms with Crippen molar-refractivity contribution < 1.29 is 14.6 Å². The summed E-state index contributed by atoms with van der Waals surface area (Å²) < 4.78 is 5.28. The maximum atomic E-state index is 13.0. The van der Waals surface area contributed by atoms with Crippen molar-refractivity contribution in [3.8, 4) is 11.1 Å². The average molecular weight is 412 g/mol. The van der Waals surface area contributed by atoms with Gasteiger partial charge >= 0.3 is 0 Å². The minimum absolute atomic E-state index is 0.133. The first kappa shape index (κ1) is 20.0.